The number of alkyl halides is 3. The van der Waals surface area contributed by atoms with E-state index in [0.29, 0.717) is 0 Å². The second kappa shape index (κ2) is 5.76. The number of hydrogen-bond donors (Lipinski definition) is 1. The summed E-state index contributed by atoms with van der Waals surface area (Å²) >= 11 is 0. The quantitative estimate of drug-likeness (QED) is 0.523. The van der Waals surface area contributed by atoms with Gasteiger partial charge in [0.1, 0.15) is 5.69 Å². The van der Waals surface area contributed by atoms with E-state index in [9.17, 15) is 28.1 Å². The first-order valence-electron chi connectivity index (χ1n) is 5.48. The Hall–Kier alpha value is -2.32. The summed E-state index contributed by atoms with van der Waals surface area (Å²) < 4.78 is 36.2. The van der Waals surface area contributed by atoms with Crippen molar-refractivity contribution in [3.63, 3.8) is 0 Å². The lowest BCUT2D eigenvalue weighted by molar-refractivity contribution is -0.383. The molecule has 0 bridgehead atoms. The number of rotatable bonds is 4. The average molecular weight is 291 g/mol. The number of carbonyl (C=O) groups excluding carboxylic acids is 1. The van der Waals surface area contributed by atoms with Crippen molar-refractivity contribution in [3.05, 3.63) is 33.9 Å². The molecular weight excluding hydrogens is 279 g/mol. The largest absolute Gasteiger partial charge is 0.393 e. The Balaban J connectivity index is 2.82. The molecule has 9 heteroatoms. The molecule has 1 aromatic rings. The van der Waals surface area contributed by atoms with Crippen LogP contribution in [0, 0.1) is 10.1 Å². The smallest absolute Gasteiger partial charge is 0.390 e. The van der Waals surface area contributed by atoms with Gasteiger partial charge in [-0.25, -0.2) is 0 Å². The van der Waals surface area contributed by atoms with Crippen molar-refractivity contribution in [3.8, 4) is 0 Å². The molecule has 0 radical (unpaired) electrons. The maximum Gasteiger partial charge on any atom is 0.390 e. The van der Waals surface area contributed by atoms with E-state index in [2.05, 4.69) is 0 Å². The minimum Gasteiger partial charge on any atom is -0.393 e. The third kappa shape index (κ3) is 4.11. The van der Waals surface area contributed by atoms with Gasteiger partial charge in [-0.05, 0) is 12.1 Å². The molecule has 2 N–H and O–H groups in total. The maximum absolute atomic E-state index is 12.1. The molecule has 0 aliphatic heterocycles. The second-order valence-corrected chi connectivity index (χ2v) is 4.12. The molecule has 0 atom stereocenters. The third-order valence-corrected chi connectivity index (χ3v) is 2.55. The molecule has 0 saturated carbocycles. The molecule has 0 heterocycles. The van der Waals surface area contributed by atoms with Crippen LogP contribution in [0.15, 0.2) is 18.2 Å². The van der Waals surface area contributed by atoms with Gasteiger partial charge >= 0.3 is 6.18 Å². The summed E-state index contributed by atoms with van der Waals surface area (Å²) in [5.41, 5.74) is 4.83. The monoisotopic (exact) mass is 291 g/mol. The summed E-state index contributed by atoms with van der Waals surface area (Å²) in [7, 11) is 1.21. The summed E-state index contributed by atoms with van der Waals surface area (Å²) in [4.78, 5) is 22.6. The molecule has 1 aromatic carbocycles. The molecule has 1 amide bonds. The van der Waals surface area contributed by atoms with Crippen molar-refractivity contribution in [2.45, 2.75) is 12.6 Å². The lowest BCUT2D eigenvalue weighted by Crippen LogP contribution is -2.30. The van der Waals surface area contributed by atoms with E-state index in [-0.39, 0.29) is 16.9 Å². The predicted molar refractivity (Wildman–Crippen MR) is 65.1 cm³/mol. The highest BCUT2D eigenvalue weighted by Gasteiger charge is 2.28. The van der Waals surface area contributed by atoms with Gasteiger partial charge in [-0.3, -0.25) is 14.9 Å². The molecule has 0 saturated heterocycles. The first-order chi connectivity index (χ1) is 9.11. The summed E-state index contributed by atoms with van der Waals surface area (Å²) in [6.45, 7) is -0.501. The number of nitrogens with two attached hydrogens (primary N) is 1. The SMILES string of the molecule is CN(CCC(F)(F)F)C(=O)c1ccc([N+](=O)[O-])c(N)c1. The highest BCUT2D eigenvalue weighted by Crippen LogP contribution is 2.23. The Labute approximate surface area is 112 Å². The van der Waals surface area contributed by atoms with Crippen molar-refractivity contribution < 1.29 is 22.9 Å². The molecule has 0 aliphatic rings. The van der Waals surface area contributed by atoms with Gasteiger partial charge in [0, 0.05) is 25.2 Å². The van der Waals surface area contributed by atoms with Crippen molar-refractivity contribution in [2.24, 2.45) is 0 Å². The molecule has 6 nitrogen and oxygen atoms in total. The number of amides is 1. The van der Waals surface area contributed by atoms with E-state index in [4.69, 9.17) is 5.73 Å². The number of hydrogen-bond acceptors (Lipinski definition) is 4. The molecule has 110 valence electrons. The number of carbonyl (C=O) groups is 1. The first kappa shape index (κ1) is 15.7. The van der Waals surface area contributed by atoms with Gasteiger partial charge in [-0.2, -0.15) is 13.2 Å². The predicted octanol–water partition coefficient (Wildman–Crippen LogP) is 2.20. The van der Waals surface area contributed by atoms with Gasteiger partial charge in [-0.15, -0.1) is 0 Å². The van der Waals surface area contributed by atoms with E-state index >= 15 is 0 Å². The number of benzene rings is 1. The van der Waals surface area contributed by atoms with Gasteiger partial charge in [-0.1, -0.05) is 0 Å². The summed E-state index contributed by atoms with van der Waals surface area (Å²) in [6.07, 6.45) is -5.49. The number of nitro groups is 1. The molecule has 20 heavy (non-hydrogen) atoms. The Morgan fingerprint density at radius 1 is 1.45 bits per heavy atom. The topological polar surface area (TPSA) is 89.5 Å². The van der Waals surface area contributed by atoms with Crippen LogP contribution in [0.1, 0.15) is 16.8 Å². The Bertz CT molecular complexity index is 531. The molecule has 0 aliphatic carbocycles. The second-order valence-electron chi connectivity index (χ2n) is 4.12. The molecule has 0 spiro atoms. The average Bonchev–Trinajstić information content (AvgIpc) is 2.33. The highest BCUT2D eigenvalue weighted by atomic mass is 19.4. The zero-order valence-corrected chi connectivity index (χ0v) is 10.5. The number of nitrogen functional groups attached to an aromatic ring is 1. The molecule has 0 unspecified atom stereocenters. The van der Waals surface area contributed by atoms with Crippen LogP contribution in [0.25, 0.3) is 0 Å². The third-order valence-electron chi connectivity index (χ3n) is 2.55. The van der Waals surface area contributed by atoms with Crippen LogP contribution < -0.4 is 5.73 Å². The minimum atomic E-state index is -4.36. The maximum atomic E-state index is 12.1. The van der Waals surface area contributed by atoms with Gasteiger partial charge in [0.2, 0.25) is 0 Å². The summed E-state index contributed by atoms with van der Waals surface area (Å²) in [6, 6.07) is 3.27. The zero-order valence-electron chi connectivity index (χ0n) is 10.5. The Kier molecular flexibility index (Phi) is 4.53. The van der Waals surface area contributed by atoms with Crippen LogP contribution in [0.4, 0.5) is 24.5 Å². The summed E-state index contributed by atoms with van der Waals surface area (Å²) in [5.74, 6) is -0.684. The first-order valence-corrected chi connectivity index (χ1v) is 5.48. The lowest BCUT2D eigenvalue weighted by Gasteiger charge is -2.18. The number of halogens is 3. The molecule has 1 rings (SSSR count). The van der Waals surface area contributed by atoms with Crippen LogP contribution in [0.2, 0.25) is 0 Å². The highest BCUT2D eigenvalue weighted by molar-refractivity contribution is 5.95. The fraction of sp³-hybridized carbons (Fsp3) is 0.364. The number of nitro benzene ring substituents is 1. The Morgan fingerprint density at radius 3 is 2.50 bits per heavy atom. The van der Waals surface area contributed by atoms with E-state index in [1.165, 1.54) is 7.05 Å². The number of nitrogens with zero attached hydrogens (tertiary/aromatic N) is 2. The zero-order chi connectivity index (χ0) is 15.5. The van der Waals surface area contributed by atoms with Crippen LogP contribution in [-0.2, 0) is 0 Å². The van der Waals surface area contributed by atoms with Gasteiger partial charge in [0.25, 0.3) is 11.6 Å². The van der Waals surface area contributed by atoms with Crippen LogP contribution in [-0.4, -0.2) is 35.5 Å². The molecular formula is C11H12F3N3O3. The van der Waals surface area contributed by atoms with Gasteiger partial charge in [0.05, 0.1) is 11.3 Å². The van der Waals surface area contributed by atoms with Crippen molar-refractivity contribution >= 4 is 17.3 Å². The number of anilines is 1. The minimum absolute atomic E-state index is 0.00206. The molecule has 0 aromatic heterocycles. The normalized spacial score (nSPS) is 11.2. The standard InChI is InChI=1S/C11H12F3N3O3/c1-16(5-4-11(12,13)14)10(18)7-2-3-9(17(19)20)8(15)6-7/h2-3,6H,4-5,15H2,1H3. The fourth-order valence-corrected chi connectivity index (χ4v) is 1.47. The van der Waals surface area contributed by atoms with E-state index < -0.39 is 30.0 Å². The van der Waals surface area contributed by atoms with E-state index in [1.54, 1.807) is 0 Å². The molecule has 0 fully saturated rings. The summed E-state index contributed by atoms with van der Waals surface area (Å²) in [5, 5.41) is 10.6. The van der Waals surface area contributed by atoms with Gasteiger partial charge in [0.15, 0.2) is 0 Å². The van der Waals surface area contributed by atoms with E-state index in [1.807, 2.05) is 0 Å². The van der Waals surface area contributed by atoms with Crippen molar-refractivity contribution in [1.29, 1.82) is 0 Å². The Morgan fingerprint density at radius 2 is 2.05 bits per heavy atom. The van der Waals surface area contributed by atoms with Gasteiger partial charge < -0.3 is 10.6 Å². The fourth-order valence-electron chi connectivity index (χ4n) is 1.47. The van der Waals surface area contributed by atoms with Crippen LogP contribution in [0.3, 0.4) is 0 Å². The lowest BCUT2D eigenvalue weighted by atomic mass is 10.1. The van der Waals surface area contributed by atoms with Crippen LogP contribution >= 0.6 is 0 Å². The van der Waals surface area contributed by atoms with Crippen molar-refractivity contribution in [2.75, 3.05) is 19.3 Å². The van der Waals surface area contributed by atoms with Crippen molar-refractivity contribution in [1.82, 2.24) is 4.90 Å². The van der Waals surface area contributed by atoms with E-state index in [0.717, 1.165) is 23.1 Å². The van der Waals surface area contributed by atoms with Crippen LogP contribution in [0.5, 0.6) is 0 Å².